The Balaban J connectivity index is 3.41. The predicted octanol–water partition coefficient (Wildman–Crippen LogP) is 7.29. The van der Waals surface area contributed by atoms with Gasteiger partial charge in [-0.3, -0.25) is 4.79 Å². The molecule has 0 aromatic heterocycles. The van der Waals surface area contributed by atoms with E-state index in [1.807, 2.05) is 0 Å². The van der Waals surface area contributed by atoms with Gasteiger partial charge in [-0.2, -0.15) is 0 Å². The summed E-state index contributed by atoms with van der Waals surface area (Å²) in [6, 6.07) is 0. The highest BCUT2D eigenvalue weighted by molar-refractivity contribution is 5.70. The Kier molecular flexibility index (Phi) is 14.3. The normalized spacial score (nSPS) is 13.4. The smallest absolute Gasteiger partial charge is 0.306 e. The second-order valence-electron chi connectivity index (χ2n) is 8.60. The van der Waals surface area contributed by atoms with E-state index in [0.717, 1.165) is 25.2 Å². The minimum Gasteiger partial charge on any atom is -0.481 e. The minimum atomic E-state index is -0.728. The van der Waals surface area contributed by atoms with Gasteiger partial charge in [-0.1, -0.05) is 90.9 Å². The van der Waals surface area contributed by atoms with Crippen LogP contribution in [-0.2, 0) is 4.79 Å². The first-order valence-electron chi connectivity index (χ1n) is 10.5. The summed E-state index contributed by atoms with van der Waals surface area (Å²) >= 11 is 0. The third-order valence-electron chi connectivity index (χ3n) is 4.86. The van der Waals surface area contributed by atoms with Gasteiger partial charge in [-0.25, -0.2) is 0 Å². The van der Waals surface area contributed by atoms with Gasteiger partial charge < -0.3 is 5.11 Å². The van der Waals surface area contributed by atoms with E-state index in [9.17, 15) is 9.90 Å². The van der Waals surface area contributed by atoms with E-state index in [4.69, 9.17) is 0 Å². The van der Waals surface area contributed by atoms with Gasteiger partial charge in [0.05, 0.1) is 5.92 Å². The molecule has 0 aromatic rings. The summed E-state index contributed by atoms with van der Waals surface area (Å²) in [6.45, 7) is 16.1. The van der Waals surface area contributed by atoms with Gasteiger partial charge in [-0.05, 0) is 44.9 Å². The maximum absolute atomic E-state index is 11.3. The molecular weight excluding hydrogens is 308 g/mol. The highest BCUT2D eigenvalue weighted by atomic mass is 16.4. The topological polar surface area (TPSA) is 37.3 Å². The van der Waals surface area contributed by atoms with Crippen molar-refractivity contribution in [2.24, 2.45) is 17.3 Å². The fourth-order valence-electron chi connectivity index (χ4n) is 3.37. The molecule has 0 aliphatic heterocycles. The first-order valence-corrected chi connectivity index (χ1v) is 10.5. The Morgan fingerprint density at radius 3 is 1.44 bits per heavy atom. The van der Waals surface area contributed by atoms with E-state index in [2.05, 4.69) is 34.6 Å². The fraction of sp³-hybridized carbons (Fsp3) is 0.826. The second kappa shape index (κ2) is 14.6. The molecule has 1 unspecified atom stereocenters. The molecule has 0 saturated carbocycles. The molecule has 147 valence electrons. The summed E-state index contributed by atoms with van der Waals surface area (Å²) < 4.78 is 0. The molecule has 0 rings (SSSR count). The third-order valence-corrected chi connectivity index (χ3v) is 4.86. The molecule has 25 heavy (non-hydrogen) atoms. The first-order chi connectivity index (χ1) is 11.7. The van der Waals surface area contributed by atoms with Crippen LogP contribution in [0.2, 0.25) is 0 Å². The molecule has 3 radical (unpaired) electrons. The zero-order valence-electron chi connectivity index (χ0n) is 17.0. The largest absolute Gasteiger partial charge is 0.481 e. The van der Waals surface area contributed by atoms with Crippen molar-refractivity contribution in [2.75, 3.05) is 0 Å². The average Bonchev–Trinajstić information content (AvgIpc) is 2.49. The van der Waals surface area contributed by atoms with Crippen LogP contribution >= 0.6 is 0 Å². The number of hydrogen-bond donors (Lipinski definition) is 1. The lowest BCUT2D eigenvalue weighted by atomic mass is 9.82. The molecule has 1 atom stereocenters. The molecule has 0 fully saturated rings. The third kappa shape index (κ3) is 18.1. The first kappa shape index (κ1) is 24.5. The van der Waals surface area contributed by atoms with Crippen LogP contribution in [0.25, 0.3) is 0 Å². The van der Waals surface area contributed by atoms with Gasteiger partial charge in [0.1, 0.15) is 0 Å². The average molecular weight is 352 g/mol. The van der Waals surface area contributed by atoms with Crippen molar-refractivity contribution in [3.8, 4) is 0 Å². The van der Waals surface area contributed by atoms with Crippen LogP contribution in [0, 0.1) is 38.0 Å². The fourth-order valence-corrected chi connectivity index (χ4v) is 3.37. The van der Waals surface area contributed by atoms with Gasteiger partial charge >= 0.3 is 5.97 Å². The number of aliphatic carboxylic acids is 1. The molecule has 2 heteroatoms. The van der Waals surface area contributed by atoms with Crippen molar-refractivity contribution in [1.29, 1.82) is 0 Å². The van der Waals surface area contributed by atoms with Gasteiger partial charge in [0.15, 0.2) is 0 Å². The molecule has 0 aliphatic carbocycles. The van der Waals surface area contributed by atoms with Gasteiger partial charge in [-0.15, -0.1) is 0 Å². The standard InChI is InChI=1S/C23H43O2/c1-20(2)17-15-13-11-9-7-6-8-10-12-14-16-18-21(22(24)25)19-23(3,4)5/h20-21H,3-19H2,1-2H3,(H,24,25). The van der Waals surface area contributed by atoms with Crippen molar-refractivity contribution in [1.82, 2.24) is 0 Å². The number of carbonyl (C=O) groups is 1. The molecule has 0 aromatic carbocycles. The summed E-state index contributed by atoms with van der Waals surface area (Å²) in [4.78, 5) is 11.3. The quantitative estimate of drug-likeness (QED) is 0.279. The van der Waals surface area contributed by atoms with E-state index in [1.165, 1.54) is 64.2 Å². The number of hydrogen-bond acceptors (Lipinski definition) is 1. The monoisotopic (exact) mass is 351 g/mol. The Hall–Kier alpha value is -0.530. The zero-order valence-corrected chi connectivity index (χ0v) is 17.0. The van der Waals surface area contributed by atoms with Gasteiger partial charge in [0.2, 0.25) is 0 Å². The van der Waals surface area contributed by atoms with Crippen LogP contribution in [0.4, 0.5) is 0 Å². The van der Waals surface area contributed by atoms with Crippen LogP contribution in [-0.4, -0.2) is 11.1 Å². The van der Waals surface area contributed by atoms with Crippen LogP contribution in [0.1, 0.15) is 104 Å². The Labute approximate surface area is 158 Å². The van der Waals surface area contributed by atoms with E-state index in [-0.39, 0.29) is 5.92 Å². The van der Waals surface area contributed by atoms with E-state index in [0.29, 0.717) is 6.42 Å². The Morgan fingerprint density at radius 2 is 1.12 bits per heavy atom. The van der Waals surface area contributed by atoms with Crippen molar-refractivity contribution in [3.05, 3.63) is 20.8 Å². The van der Waals surface area contributed by atoms with Gasteiger partial charge in [0, 0.05) is 0 Å². The molecule has 2 nitrogen and oxygen atoms in total. The maximum atomic E-state index is 11.3. The lowest BCUT2D eigenvalue weighted by Gasteiger charge is -2.22. The van der Waals surface area contributed by atoms with E-state index >= 15 is 0 Å². The molecule has 0 heterocycles. The van der Waals surface area contributed by atoms with Crippen molar-refractivity contribution in [2.45, 2.75) is 104 Å². The van der Waals surface area contributed by atoms with Crippen molar-refractivity contribution in [3.63, 3.8) is 0 Å². The predicted molar refractivity (Wildman–Crippen MR) is 109 cm³/mol. The lowest BCUT2D eigenvalue weighted by Crippen LogP contribution is -2.21. The molecule has 1 N–H and O–H groups in total. The van der Waals surface area contributed by atoms with Crippen LogP contribution in [0.3, 0.4) is 0 Å². The zero-order chi connectivity index (χ0) is 19.1. The molecule has 0 bridgehead atoms. The molecule has 0 amide bonds. The highest BCUT2D eigenvalue weighted by Gasteiger charge is 2.24. The Morgan fingerprint density at radius 1 is 0.760 bits per heavy atom. The highest BCUT2D eigenvalue weighted by Crippen LogP contribution is 2.27. The summed E-state index contributed by atoms with van der Waals surface area (Å²) in [5, 5.41) is 9.26. The second-order valence-corrected chi connectivity index (χ2v) is 8.60. The van der Waals surface area contributed by atoms with Crippen LogP contribution in [0.15, 0.2) is 0 Å². The molecule has 0 spiro atoms. The molecular formula is C23H43O2. The van der Waals surface area contributed by atoms with Crippen molar-refractivity contribution < 1.29 is 9.90 Å². The summed E-state index contributed by atoms with van der Waals surface area (Å²) in [6.07, 6.45) is 16.8. The number of rotatable bonds is 17. The minimum absolute atomic E-state index is 0.344. The SMILES string of the molecule is [CH2]C([CH2])([CH2])CC(CCCCCCCCCCCCCC(C)C)C(=O)O. The molecule has 0 aliphatic rings. The summed E-state index contributed by atoms with van der Waals surface area (Å²) in [5.41, 5.74) is -0.641. The number of carboxylic acid groups (broad SMARTS) is 1. The summed E-state index contributed by atoms with van der Waals surface area (Å²) in [5.74, 6) is -0.221. The maximum Gasteiger partial charge on any atom is 0.306 e. The molecule has 0 saturated heterocycles. The van der Waals surface area contributed by atoms with Gasteiger partial charge in [0.25, 0.3) is 0 Å². The number of carboxylic acids is 1. The van der Waals surface area contributed by atoms with Crippen LogP contribution in [0.5, 0.6) is 0 Å². The number of unbranched alkanes of at least 4 members (excludes halogenated alkanes) is 10. The van der Waals surface area contributed by atoms with E-state index in [1.54, 1.807) is 0 Å². The Bertz CT molecular complexity index is 315. The van der Waals surface area contributed by atoms with E-state index < -0.39 is 11.4 Å². The van der Waals surface area contributed by atoms with Crippen LogP contribution < -0.4 is 0 Å². The van der Waals surface area contributed by atoms with Crippen molar-refractivity contribution >= 4 is 5.97 Å². The lowest BCUT2D eigenvalue weighted by molar-refractivity contribution is -0.142. The summed E-state index contributed by atoms with van der Waals surface area (Å²) in [7, 11) is 0.